The van der Waals surface area contributed by atoms with Crippen LogP contribution in [0.5, 0.6) is 0 Å². The summed E-state index contributed by atoms with van der Waals surface area (Å²) in [6.45, 7) is 0. The van der Waals surface area contributed by atoms with Crippen LogP contribution in [0.1, 0.15) is 73.5 Å². The quantitative estimate of drug-likeness (QED) is 0.121. The Labute approximate surface area is 461 Å². The highest BCUT2D eigenvalue weighted by Crippen LogP contribution is 2.59. The van der Waals surface area contributed by atoms with Gasteiger partial charge < -0.3 is 0 Å². The molecule has 0 radical (unpaired) electrons. The molecule has 2 aliphatic rings. The van der Waals surface area contributed by atoms with E-state index in [9.17, 15) is 0 Å². The summed E-state index contributed by atoms with van der Waals surface area (Å²) in [4.78, 5) is 0. The molecule has 0 fully saturated rings. The minimum Gasteiger partial charge on any atom is -0.135 e. The van der Waals surface area contributed by atoms with Gasteiger partial charge in [0.15, 0.2) is 0 Å². The van der Waals surface area contributed by atoms with Crippen molar-refractivity contribution in [1.29, 1.82) is 0 Å². The number of hydrogen-bond donors (Lipinski definition) is 0. The molecule has 1 unspecified atom stereocenters. The van der Waals surface area contributed by atoms with Crippen molar-refractivity contribution in [3.8, 4) is 44.5 Å². The fraction of sp³-hybridized carbons (Fsp3) is 0.0649. The number of aryl methyl sites for hydroxylation is 1. The van der Waals surface area contributed by atoms with E-state index in [-0.39, 0.29) is 5.92 Å². The largest absolute Gasteiger partial charge is 0.135 e. The molecule has 13 aromatic rings. The molecule has 0 spiro atoms. The molecule has 0 saturated carbocycles. The molecule has 1 heteroatoms. The Hall–Kier alpha value is -9.14. The molecular weight excluding hydrogens is 957 g/mol. The second kappa shape index (κ2) is 18.8. The van der Waals surface area contributed by atoms with Gasteiger partial charge in [0, 0.05) is 26.1 Å². The van der Waals surface area contributed by atoms with Crippen molar-refractivity contribution < 1.29 is 0 Å². The van der Waals surface area contributed by atoms with E-state index >= 15 is 0 Å². The number of fused-ring (bicyclic) bond motifs is 9. The Morgan fingerprint density at radius 3 is 1.47 bits per heavy atom. The molecule has 0 N–H and O–H groups in total. The molecular formula is C77H54S. The van der Waals surface area contributed by atoms with Crippen molar-refractivity contribution in [3.63, 3.8) is 0 Å². The lowest BCUT2D eigenvalue weighted by Gasteiger charge is -2.34. The molecule has 1 heterocycles. The first-order valence-corrected chi connectivity index (χ1v) is 28.3. The topological polar surface area (TPSA) is 0 Å². The zero-order chi connectivity index (χ0) is 51.6. The third-order valence-corrected chi connectivity index (χ3v) is 18.6. The van der Waals surface area contributed by atoms with Crippen LogP contribution in [0.2, 0.25) is 0 Å². The fourth-order valence-corrected chi connectivity index (χ4v) is 15.3. The zero-order valence-corrected chi connectivity index (χ0v) is 44.0. The number of rotatable bonds is 11. The van der Waals surface area contributed by atoms with Gasteiger partial charge in [-0.15, -0.1) is 11.3 Å². The standard InChI is InChI=1S/C77H54S/c1-5-25-58(26-6-1)76(59-27-7-2-8-28-59)70-39-17-14-35-68(70)74-54(22-20-40-71(74)76)46-48-62(53-44-42-52(43-45-53)55-23-19-24-56(50-55)63-36-21-37-67-66-34-15-18-41-73(66)78-75(63)67)57-47-49-65-64-33-13-16-38-69(64)77(72(65)51-57,60-29-9-3-10-30-60)61-31-11-4-12-32-61/h1-45,47,49-51,62H,46,48H2. The summed E-state index contributed by atoms with van der Waals surface area (Å²) >= 11 is 1.89. The summed E-state index contributed by atoms with van der Waals surface area (Å²) in [5.41, 5.74) is 23.9. The highest BCUT2D eigenvalue weighted by molar-refractivity contribution is 7.26. The monoisotopic (exact) mass is 1010 g/mol. The third-order valence-electron chi connectivity index (χ3n) is 17.4. The summed E-state index contributed by atoms with van der Waals surface area (Å²) in [7, 11) is 0. The lowest BCUT2D eigenvalue weighted by Crippen LogP contribution is -2.28. The van der Waals surface area contributed by atoms with E-state index in [1.165, 1.54) is 126 Å². The Balaban J connectivity index is 0.877. The second-order valence-corrected chi connectivity index (χ2v) is 22.3. The highest BCUT2D eigenvalue weighted by Gasteiger charge is 2.48. The molecule has 0 nitrogen and oxygen atoms in total. The molecule has 78 heavy (non-hydrogen) atoms. The first kappa shape index (κ1) is 46.2. The van der Waals surface area contributed by atoms with E-state index in [1.54, 1.807) is 0 Å². The fourth-order valence-electron chi connectivity index (χ4n) is 14.0. The Kier molecular flexibility index (Phi) is 11.2. The first-order valence-electron chi connectivity index (χ1n) is 27.5. The van der Waals surface area contributed by atoms with Gasteiger partial charge in [-0.1, -0.05) is 285 Å². The molecule has 0 saturated heterocycles. The maximum Gasteiger partial charge on any atom is 0.0713 e. The number of hydrogen-bond acceptors (Lipinski definition) is 1. The van der Waals surface area contributed by atoms with Crippen LogP contribution in [0.15, 0.2) is 297 Å². The van der Waals surface area contributed by atoms with Gasteiger partial charge >= 0.3 is 0 Å². The van der Waals surface area contributed by atoms with Gasteiger partial charge in [0.1, 0.15) is 0 Å². The minimum absolute atomic E-state index is 0.0923. The predicted molar refractivity (Wildman–Crippen MR) is 328 cm³/mol. The Morgan fingerprint density at radius 1 is 0.308 bits per heavy atom. The minimum atomic E-state index is -0.494. The molecule has 0 aliphatic heterocycles. The van der Waals surface area contributed by atoms with E-state index in [0.29, 0.717) is 0 Å². The van der Waals surface area contributed by atoms with Gasteiger partial charge in [0.25, 0.3) is 0 Å². The highest BCUT2D eigenvalue weighted by atomic mass is 32.1. The van der Waals surface area contributed by atoms with Crippen LogP contribution in [0.3, 0.4) is 0 Å². The van der Waals surface area contributed by atoms with Crippen molar-refractivity contribution in [2.75, 3.05) is 0 Å². The van der Waals surface area contributed by atoms with Gasteiger partial charge in [0.2, 0.25) is 0 Å². The van der Waals surface area contributed by atoms with E-state index < -0.39 is 10.8 Å². The summed E-state index contributed by atoms with van der Waals surface area (Å²) in [6, 6.07) is 112. The van der Waals surface area contributed by atoms with Crippen LogP contribution in [-0.2, 0) is 17.3 Å². The second-order valence-electron chi connectivity index (χ2n) is 21.3. The molecule has 0 bridgehead atoms. The van der Waals surface area contributed by atoms with Gasteiger partial charge in [-0.3, -0.25) is 0 Å². The summed E-state index contributed by atoms with van der Waals surface area (Å²) in [5.74, 6) is 0.0923. The SMILES string of the molecule is c1ccc(C2(c3ccccc3)c3ccccc3-c3ccc(C(CCc4cccc5c4-c4ccccc4C5(c4ccccc4)c4ccccc4)c4ccc(-c5cccc(-c6cccc7c6sc6ccccc67)c5)cc4)cc32)cc1. The number of thiophene rings is 1. The third kappa shape index (κ3) is 7.12. The normalized spacial score (nSPS) is 13.9. The predicted octanol–water partition coefficient (Wildman–Crippen LogP) is 19.9. The average Bonchev–Trinajstić information content (AvgIpc) is 3.90. The Morgan fingerprint density at radius 2 is 0.795 bits per heavy atom. The van der Waals surface area contributed by atoms with Crippen LogP contribution >= 0.6 is 11.3 Å². The summed E-state index contributed by atoms with van der Waals surface area (Å²) in [6.07, 6.45) is 1.82. The van der Waals surface area contributed by atoms with Crippen LogP contribution in [0, 0.1) is 0 Å². The van der Waals surface area contributed by atoms with E-state index in [4.69, 9.17) is 0 Å². The van der Waals surface area contributed by atoms with Gasteiger partial charge in [-0.2, -0.15) is 0 Å². The van der Waals surface area contributed by atoms with Crippen LogP contribution < -0.4 is 0 Å². The van der Waals surface area contributed by atoms with Gasteiger partial charge in [-0.25, -0.2) is 0 Å². The number of benzene rings is 12. The molecule has 15 rings (SSSR count). The lowest BCUT2D eigenvalue weighted by molar-refractivity contribution is 0.708. The maximum atomic E-state index is 2.59. The average molecular weight is 1010 g/mol. The van der Waals surface area contributed by atoms with Crippen LogP contribution in [-0.4, -0.2) is 0 Å². The molecule has 1 atom stereocenters. The van der Waals surface area contributed by atoms with Crippen molar-refractivity contribution >= 4 is 31.5 Å². The lowest BCUT2D eigenvalue weighted by atomic mass is 9.67. The molecule has 2 aliphatic carbocycles. The van der Waals surface area contributed by atoms with Gasteiger partial charge in [0.05, 0.1) is 10.8 Å². The van der Waals surface area contributed by atoms with Crippen LogP contribution in [0.4, 0.5) is 0 Å². The summed E-state index contributed by atoms with van der Waals surface area (Å²) < 4.78 is 2.67. The zero-order valence-electron chi connectivity index (χ0n) is 43.2. The smallest absolute Gasteiger partial charge is 0.0713 e. The van der Waals surface area contributed by atoms with Crippen molar-refractivity contribution in [1.82, 2.24) is 0 Å². The van der Waals surface area contributed by atoms with Crippen molar-refractivity contribution in [2.45, 2.75) is 29.6 Å². The first-order chi connectivity index (χ1) is 38.7. The molecule has 0 amide bonds. The Bertz CT molecular complexity index is 4280. The maximum absolute atomic E-state index is 2.59. The molecule has 1 aromatic heterocycles. The summed E-state index contributed by atoms with van der Waals surface area (Å²) in [5, 5.41) is 2.65. The molecule has 12 aromatic carbocycles. The van der Waals surface area contributed by atoms with Crippen molar-refractivity contribution in [2.24, 2.45) is 0 Å². The van der Waals surface area contributed by atoms with Crippen molar-refractivity contribution in [3.05, 3.63) is 358 Å². The van der Waals surface area contributed by atoms with E-state index in [2.05, 4.69) is 297 Å². The van der Waals surface area contributed by atoms with E-state index in [1.807, 2.05) is 11.3 Å². The van der Waals surface area contributed by atoms with Crippen LogP contribution in [0.25, 0.3) is 64.7 Å². The molecule has 368 valence electrons. The van der Waals surface area contributed by atoms with Gasteiger partial charge in [-0.05, 0) is 131 Å². The van der Waals surface area contributed by atoms with E-state index in [0.717, 1.165) is 12.8 Å².